The van der Waals surface area contributed by atoms with Crippen LogP contribution in [0.2, 0.25) is 0 Å². The number of carbonyl (C=O) groups is 2. The zero-order chi connectivity index (χ0) is 15.1. The molecular formula is C14H24N4O2. The van der Waals surface area contributed by atoms with Crippen LogP contribution in [0.4, 0.5) is 0 Å². The molecular weight excluding hydrogens is 256 g/mol. The van der Waals surface area contributed by atoms with Crippen molar-refractivity contribution in [3.05, 3.63) is 0 Å². The highest BCUT2D eigenvalue weighted by Gasteiger charge is 2.29. The van der Waals surface area contributed by atoms with Gasteiger partial charge in [0.05, 0.1) is 12.1 Å². The van der Waals surface area contributed by atoms with E-state index in [9.17, 15) is 9.59 Å². The Labute approximate surface area is 120 Å². The maximum atomic E-state index is 12.1. The highest BCUT2D eigenvalue weighted by Crippen LogP contribution is 2.16. The van der Waals surface area contributed by atoms with E-state index in [0.29, 0.717) is 25.3 Å². The zero-order valence-electron chi connectivity index (χ0n) is 12.4. The average Bonchev–Trinajstić information content (AvgIpc) is 2.80. The average molecular weight is 280 g/mol. The van der Waals surface area contributed by atoms with E-state index >= 15 is 0 Å². The molecule has 3 unspecified atom stereocenters. The molecule has 0 spiro atoms. The van der Waals surface area contributed by atoms with Crippen LogP contribution in [0.1, 0.15) is 33.1 Å². The molecule has 0 aromatic rings. The predicted molar refractivity (Wildman–Crippen MR) is 75.6 cm³/mol. The van der Waals surface area contributed by atoms with Gasteiger partial charge in [0, 0.05) is 12.5 Å². The number of nitrogens with zero attached hydrogens (tertiary/aromatic N) is 1. The van der Waals surface area contributed by atoms with E-state index in [-0.39, 0.29) is 23.8 Å². The first kappa shape index (κ1) is 16.4. The van der Waals surface area contributed by atoms with Gasteiger partial charge in [0.25, 0.3) is 0 Å². The number of rotatable bonds is 7. The predicted octanol–water partition coefficient (Wildman–Crippen LogP) is 0.155. The van der Waals surface area contributed by atoms with E-state index in [2.05, 4.69) is 22.0 Å². The molecule has 0 saturated carbocycles. The third kappa shape index (κ3) is 4.82. The van der Waals surface area contributed by atoms with Crippen molar-refractivity contribution in [2.75, 3.05) is 13.6 Å². The van der Waals surface area contributed by atoms with E-state index in [1.807, 2.05) is 13.8 Å². The normalized spacial score (nSPS) is 21.1. The number of nitriles is 1. The molecule has 0 aliphatic carbocycles. The Hall–Kier alpha value is -1.61. The van der Waals surface area contributed by atoms with E-state index in [4.69, 9.17) is 5.26 Å². The summed E-state index contributed by atoms with van der Waals surface area (Å²) in [6, 6.07) is 1.16. The Balaban J connectivity index is 2.52. The molecule has 1 aliphatic heterocycles. The molecule has 0 bridgehead atoms. The second-order valence-electron chi connectivity index (χ2n) is 5.67. The molecule has 1 rings (SSSR count). The van der Waals surface area contributed by atoms with E-state index in [1.54, 1.807) is 7.05 Å². The molecule has 6 nitrogen and oxygen atoms in total. The van der Waals surface area contributed by atoms with Crippen molar-refractivity contribution in [1.82, 2.24) is 16.0 Å². The van der Waals surface area contributed by atoms with Crippen molar-refractivity contribution in [2.45, 2.75) is 45.2 Å². The highest BCUT2D eigenvalue weighted by molar-refractivity contribution is 5.83. The number of amides is 2. The first-order valence-corrected chi connectivity index (χ1v) is 7.12. The van der Waals surface area contributed by atoms with Gasteiger partial charge in [-0.3, -0.25) is 9.59 Å². The third-order valence-corrected chi connectivity index (χ3v) is 3.53. The van der Waals surface area contributed by atoms with Gasteiger partial charge in [-0.1, -0.05) is 13.8 Å². The Morgan fingerprint density at radius 3 is 2.70 bits per heavy atom. The fraction of sp³-hybridized carbons (Fsp3) is 0.786. The summed E-state index contributed by atoms with van der Waals surface area (Å²) in [5, 5.41) is 17.6. The molecule has 112 valence electrons. The summed E-state index contributed by atoms with van der Waals surface area (Å²) < 4.78 is 0. The molecule has 3 N–H and O–H groups in total. The summed E-state index contributed by atoms with van der Waals surface area (Å²) in [5.41, 5.74) is 0. The van der Waals surface area contributed by atoms with Crippen LogP contribution in [0.3, 0.4) is 0 Å². The summed E-state index contributed by atoms with van der Waals surface area (Å²) >= 11 is 0. The molecule has 1 heterocycles. The first-order valence-electron chi connectivity index (χ1n) is 7.12. The lowest BCUT2D eigenvalue weighted by molar-refractivity contribution is -0.125. The minimum absolute atomic E-state index is 0.0214. The van der Waals surface area contributed by atoms with Gasteiger partial charge in [0.15, 0.2) is 0 Å². The van der Waals surface area contributed by atoms with Crippen molar-refractivity contribution < 1.29 is 9.59 Å². The van der Waals surface area contributed by atoms with Crippen LogP contribution >= 0.6 is 0 Å². The Bertz CT molecular complexity index is 389. The molecule has 1 saturated heterocycles. The molecule has 6 heteroatoms. The minimum atomic E-state index is -0.612. The van der Waals surface area contributed by atoms with Crippen LogP contribution in [0.15, 0.2) is 0 Å². The Kier molecular flexibility index (Phi) is 6.46. The van der Waals surface area contributed by atoms with E-state index < -0.39 is 6.04 Å². The van der Waals surface area contributed by atoms with Crippen molar-refractivity contribution in [1.29, 1.82) is 5.26 Å². The lowest BCUT2D eigenvalue weighted by atomic mass is 9.98. The summed E-state index contributed by atoms with van der Waals surface area (Å²) in [4.78, 5) is 23.6. The summed E-state index contributed by atoms with van der Waals surface area (Å²) in [6.07, 6.45) is 1.82. The molecule has 1 aliphatic rings. The van der Waals surface area contributed by atoms with Crippen molar-refractivity contribution in [3.8, 4) is 6.07 Å². The monoisotopic (exact) mass is 280 g/mol. The second kappa shape index (κ2) is 7.85. The van der Waals surface area contributed by atoms with Gasteiger partial charge >= 0.3 is 0 Å². The van der Waals surface area contributed by atoms with E-state index in [1.165, 1.54) is 0 Å². The van der Waals surface area contributed by atoms with Gasteiger partial charge in [0.1, 0.15) is 6.04 Å². The second-order valence-corrected chi connectivity index (χ2v) is 5.67. The number of hydrogen-bond donors (Lipinski definition) is 3. The third-order valence-electron chi connectivity index (χ3n) is 3.53. The molecule has 20 heavy (non-hydrogen) atoms. The summed E-state index contributed by atoms with van der Waals surface area (Å²) in [6.45, 7) is 4.74. The van der Waals surface area contributed by atoms with Crippen LogP contribution < -0.4 is 16.0 Å². The van der Waals surface area contributed by atoms with Crippen LogP contribution in [-0.4, -0.2) is 37.5 Å². The summed E-state index contributed by atoms with van der Waals surface area (Å²) in [5.74, 6) is 0.0235. The Morgan fingerprint density at radius 1 is 1.55 bits per heavy atom. The SMILES string of the molecule is CNC(CC(C)C)C(=O)NC(C#N)CC1CCNC1=O. The smallest absolute Gasteiger partial charge is 0.238 e. The largest absolute Gasteiger partial charge is 0.356 e. The quantitative estimate of drug-likeness (QED) is 0.619. The number of nitrogens with one attached hydrogen (secondary N) is 3. The fourth-order valence-electron chi connectivity index (χ4n) is 2.40. The molecule has 0 aromatic heterocycles. The highest BCUT2D eigenvalue weighted by atomic mass is 16.2. The standard InChI is InChI=1S/C14H24N4O2/c1-9(2)6-12(16-3)14(20)18-11(8-15)7-10-4-5-17-13(10)19/h9-12,16H,4-7H2,1-3H3,(H,17,19)(H,18,20). The minimum Gasteiger partial charge on any atom is -0.356 e. The van der Waals surface area contributed by atoms with Crippen molar-refractivity contribution in [2.24, 2.45) is 11.8 Å². The maximum absolute atomic E-state index is 12.1. The number of hydrogen-bond acceptors (Lipinski definition) is 4. The zero-order valence-corrected chi connectivity index (χ0v) is 12.4. The van der Waals surface area contributed by atoms with Crippen LogP contribution in [-0.2, 0) is 9.59 Å². The Morgan fingerprint density at radius 2 is 2.25 bits per heavy atom. The number of carbonyl (C=O) groups excluding carboxylic acids is 2. The first-order chi connectivity index (χ1) is 9.47. The number of likely N-dealkylation sites (N-methyl/N-ethyl adjacent to an activating group) is 1. The van der Waals surface area contributed by atoms with Gasteiger partial charge in [-0.05, 0) is 32.2 Å². The molecule has 1 fully saturated rings. The fourth-order valence-corrected chi connectivity index (χ4v) is 2.40. The summed E-state index contributed by atoms with van der Waals surface area (Å²) in [7, 11) is 1.73. The molecule has 0 radical (unpaired) electrons. The lowest BCUT2D eigenvalue weighted by Gasteiger charge is -2.21. The topological polar surface area (TPSA) is 94.0 Å². The van der Waals surface area contributed by atoms with Crippen LogP contribution in [0.25, 0.3) is 0 Å². The molecule has 2 amide bonds. The van der Waals surface area contributed by atoms with Crippen molar-refractivity contribution in [3.63, 3.8) is 0 Å². The molecule has 0 aromatic carbocycles. The maximum Gasteiger partial charge on any atom is 0.238 e. The lowest BCUT2D eigenvalue weighted by Crippen LogP contribution is -2.47. The molecule has 3 atom stereocenters. The van der Waals surface area contributed by atoms with Gasteiger partial charge in [0.2, 0.25) is 11.8 Å². The van der Waals surface area contributed by atoms with E-state index in [0.717, 1.165) is 6.42 Å². The van der Waals surface area contributed by atoms with Crippen molar-refractivity contribution >= 4 is 11.8 Å². The van der Waals surface area contributed by atoms with Gasteiger partial charge in [-0.2, -0.15) is 5.26 Å². The van der Waals surface area contributed by atoms with Crippen LogP contribution in [0, 0.1) is 23.2 Å². The van der Waals surface area contributed by atoms with Gasteiger partial charge in [-0.25, -0.2) is 0 Å². The van der Waals surface area contributed by atoms with Gasteiger partial charge < -0.3 is 16.0 Å². The van der Waals surface area contributed by atoms with Crippen LogP contribution in [0.5, 0.6) is 0 Å². The van der Waals surface area contributed by atoms with Gasteiger partial charge in [-0.15, -0.1) is 0 Å².